The Balaban J connectivity index is 1.29. The van der Waals surface area contributed by atoms with Gasteiger partial charge in [-0.3, -0.25) is 9.59 Å². The second kappa shape index (κ2) is 8.20. The van der Waals surface area contributed by atoms with Gasteiger partial charge in [-0.05, 0) is 43.0 Å². The van der Waals surface area contributed by atoms with Crippen molar-refractivity contribution in [3.8, 4) is 5.75 Å². The summed E-state index contributed by atoms with van der Waals surface area (Å²) in [6.45, 7) is 1.05. The Labute approximate surface area is 176 Å². The van der Waals surface area contributed by atoms with Crippen molar-refractivity contribution >= 4 is 23.3 Å². The summed E-state index contributed by atoms with van der Waals surface area (Å²) in [5.74, 6) is -1.20. The van der Waals surface area contributed by atoms with E-state index in [1.165, 1.54) is 6.07 Å². The minimum absolute atomic E-state index is 0.114. The lowest BCUT2D eigenvalue weighted by molar-refractivity contribution is -0.140. The molecule has 5 nitrogen and oxygen atoms in total. The molecule has 0 spiro atoms. The number of fused-ring (bicyclic) bond motifs is 1. The Morgan fingerprint density at radius 3 is 2.55 bits per heavy atom. The van der Waals surface area contributed by atoms with Gasteiger partial charge in [-0.15, -0.1) is 0 Å². The first-order valence-electron chi connectivity index (χ1n) is 9.94. The van der Waals surface area contributed by atoms with Crippen LogP contribution in [0.3, 0.4) is 0 Å². The van der Waals surface area contributed by atoms with Crippen molar-refractivity contribution in [2.75, 3.05) is 23.3 Å². The first-order chi connectivity index (χ1) is 14.7. The first kappa shape index (κ1) is 21.1. The molecule has 2 aromatic rings. The second-order valence-electron chi connectivity index (χ2n) is 7.82. The summed E-state index contributed by atoms with van der Waals surface area (Å²) in [5, 5.41) is 2.80. The number of esters is 1. The van der Waals surface area contributed by atoms with E-state index in [4.69, 9.17) is 4.74 Å². The van der Waals surface area contributed by atoms with Crippen molar-refractivity contribution in [3.63, 3.8) is 0 Å². The van der Waals surface area contributed by atoms with Gasteiger partial charge in [0.05, 0.1) is 12.0 Å². The molecule has 2 aliphatic rings. The Hall–Kier alpha value is -3.10. The quantitative estimate of drug-likeness (QED) is 0.434. The van der Waals surface area contributed by atoms with E-state index in [9.17, 15) is 27.2 Å². The average Bonchev–Trinajstić information content (AvgIpc) is 3.06. The summed E-state index contributed by atoms with van der Waals surface area (Å²) in [6, 6.07) is 8.05. The van der Waals surface area contributed by atoms with E-state index < -0.39 is 17.6 Å². The molecule has 2 heterocycles. The zero-order valence-corrected chi connectivity index (χ0v) is 16.5. The number of carbonyl (C=O) groups excluding carboxylic acids is 2. The van der Waals surface area contributed by atoms with E-state index in [0.717, 1.165) is 17.7 Å². The maximum absolute atomic E-state index is 13.8. The molecular weight excluding hydrogens is 416 g/mol. The molecule has 1 amide bonds. The number of alkyl halides is 3. The summed E-state index contributed by atoms with van der Waals surface area (Å²) >= 11 is 0. The van der Waals surface area contributed by atoms with Crippen LogP contribution in [0.4, 0.5) is 28.9 Å². The summed E-state index contributed by atoms with van der Waals surface area (Å²) in [5.41, 5.74) is 0.469. The number of piperidine rings is 1. The second-order valence-corrected chi connectivity index (χ2v) is 7.82. The lowest BCUT2D eigenvalue weighted by atomic mass is 9.92. The summed E-state index contributed by atoms with van der Waals surface area (Å²) in [6.07, 6.45) is -2.86. The molecule has 164 valence electrons. The number of amides is 1. The number of halogens is 4. The van der Waals surface area contributed by atoms with Crippen LogP contribution in [0.2, 0.25) is 0 Å². The largest absolute Gasteiger partial charge is 0.426 e. The third-order valence-corrected chi connectivity index (χ3v) is 5.62. The molecule has 1 N–H and O–H groups in total. The molecule has 31 heavy (non-hydrogen) atoms. The smallest absolute Gasteiger partial charge is 0.419 e. The van der Waals surface area contributed by atoms with Crippen LogP contribution in [0, 0.1) is 11.7 Å². The van der Waals surface area contributed by atoms with Crippen LogP contribution in [0.5, 0.6) is 5.75 Å². The zero-order chi connectivity index (χ0) is 22.2. The average molecular weight is 436 g/mol. The Morgan fingerprint density at radius 2 is 1.87 bits per heavy atom. The lowest BCUT2D eigenvalue weighted by Crippen LogP contribution is -2.35. The number of carbonyl (C=O) groups is 2. The summed E-state index contributed by atoms with van der Waals surface area (Å²) < 4.78 is 57.1. The number of hydrogen-bond acceptors (Lipinski definition) is 4. The molecule has 0 radical (unpaired) electrons. The molecule has 0 unspecified atom stereocenters. The fourth-order valence-electron chi connectivity index (χ4n) is 3.99. The highest BCUT2D eigenvalue weighted by atomic mass is 19.4. The lowest BCUT2D eigenvalue weighted by Gasteiger charge is -2.33. The van der Waals surface area contributed by atoms with Crippen LogP contribution < -0.4 is 15.0 Å². The van der Waals surface area contributed by atoms with Crippen molar-refractivity contribution in [2.24, 2.45) is 5.92 Å². The van der Waals surface area contributed by atoms with Crippen molar-refractivity contribution in [3.05, 3.63) is 53.3 Å². The maximum Gasteiger partial charge on any atom is 0.419 e. The minimum Gasteiger partial charge on any atom is -0.426 e. The number of nitrogens with zero attached hydrogens (tertiary/aromatic N) is 1. The Kier molecular flexibility index (Phi) is 5.60. The number of benzene rings is 2. The number of nitrogens with one attached hydrogen (secondary N) is 1. The number of ether oxygens (including phenoxy) is 1. The van der Waals surface area contributed by atoms with Crippen molar-refractivity contribution < 1.29 is 31.9 Å². The highest BCUT2D eigenvalue weighted by Crippen LogP contribution is 2.34. The normalized spacial score (nSPS) is 16.8. The van der Waals surface area contributed by atoms with E-state index in [0.29, 0.717) is 49.5 Å². The minimum atomic E-state index is -4.72. The number of hydrogen-bond donors (Lipinski definition) is 1. The van der Waals surface area contributed by atoms with Crippen molar-refractivity contribution in [1.82, 2.24) is 0 Å². The van der Waals surface area contributed by atoms with Crippen LogP contribution in [0.25, 0.3) is 0 Å². The van der Waals surface area contributed by atoms with Gasteiger partial charge in [0.25, 0.3) is 0 Å². The van der Waals surface area contributed by atoms with E-state index in [1.807, 2.05) is 4.90 Å². The van der Waals surface area contributed by atoms with Crippen LogP contribution in [0.15, 0.2) is 36.4 Å². The highest BCUT2D eigenvalue weighted by molar-refractivity contribution is 5.92. The van der Waals surface area contributed by atoms with Gasteiger partial charge in [0.15, 0.2) is 0 Å². The van der Waals surface area contributed by atoms with Gasteiger partial charge < -0.3 is 15.0 Å². The molecule has 0 aliphatic carbocycles. The number of rotatable bonds is 4. The molecular formula is C22H20F4N2O3. The fraction of sp³-hybridized carbons (Fsp3) is 0.364. The van der Waals surface area contributed by atoms with Gasteiger partial charge in [-0.2, -0.15) is 13.2 Å². The molecule has 2 aliphatic heterocycles. The molecule has 4 rings (SSSR count). The first-order valence-corrected chi connectivity index (χ1v) is 9.94. The Morgan fingerprint density at radius 1 is 1.13 bits per heavy atom. The van der Waals surface area contributed by atoms with E-state index >= 15 is 0 Å². The molecule has 2 aromatic carbocycles. The zero-order valence-electron chi connectivity index (χ0n) is 16.5. The molecule has 1 fully saturated rings. The molecule has 0 saturated carbocycles. The predicted molar refractivity (Wildman–Crippen MR) is 105 cm³/mol. The van der Waals surface area contributed by atoms with Gasteiger partial charge in [-0.1, -0.05) is 6.07 Å². The van der Waals surface area contributed by atoms with Gasteiger partial charge >= 0.3 is 12.1 Å². The Bertz CT molecular complexity index is 1010. The third-order valence-electron chi connectivity index (χ3n) is 5.62. The van der Waals surface area contributed by atoms with E-state index in [-0.39, 0.29) is 24.2 Å². The molecule has 0 atom stereocenters. The third kappa shape index (κ3) is 4.81. The van der Waals surface area contributed by atoms with E-state index in [2.05, 4.69) is 5.32 Å². The van der Waals surface area contributed by atoms with Gasteiger partial charge in [0.1, 0.15) is 11.6 Å². The highest BCUT2D eigenvalue weighted by Gasteiger charge is 2.34. The molecule has 0 aromatic heterocycles. The summed E-state index contributed by atoms with van der Waals surface area (Å²) in [4.78, 5) is 25.5. The van der Waals surface area contributed by atoms with Gasteiger partial charge in [0.2, 0.25) is 5.91 Å². The van der Waals surface area contributed by atoms with Gasteiger partial charge in [0, 0.05) is 42.5 Å². The SMILES string of the molecule is O=C(CC1CCN(c2ccc(C(F)(F)F)c(F)c2)CC1)Nc1ccc2c(c1)OC(=O)C2. The molecule has 9 heteroatoms. The van der Waals surface area contributed by atoms with Gasteiger partial charge in [-0.25, -0.2) is 4.39 Å². The topological polar surface area (TPSA) is 58.6 Å². The van der Waals surface area contributed by atoms with Crippen LogP contribution >= 0.6 is 0 Å². The van der Waals surface area contributed by atoms with Crippen molar-refractivity contribution in [2.45, 2.75) is 31.9 Å². The molecule has 0 bridgehead atoms. The van der Waals surface area contributed by atoms with Crippen molar-refractivity contribution in [1.29, 1.82) is 0 Å². The molecule has 1 saturated heterocycles. The van der Waals surface area contributed by atoms with Crippen LogP contribution in [-0.4, -0.2) is 25.0 Å². The van der Waals surface area contributed by atoms with E-state index in [1.54, 1.807) is 18.2 Å². The fourth-order valence-corrected chi connectivity index (χ4v) is 3.99. The monoisotopic (exact) mass is 436 g/mol. The van der Waals surface area contributed by atoms with Crippen LogP contribution in [0.1, 0.15) is 30.4 Å². The van der Waals surface area contributed by atoms with Crippen LogP contribution in [-0.2, 0) is 22.2 Å². The standard InChI is InChI=1S/C22H20F4N2O3/c23-18-12-16(3-4-17(18)22(24,25)26)28-7-5-13(6-8-28)9-20(29)27-15-2-1-14-10-21(30)31-19(14)11-15/h1-4,11-13H,5-10H2,(H,27,29). The predicted octanol–water partition coefficient (Wildman–Crippen LogP) is 4.55. The maximum atomic E-state index is 13.8. The number of anilines is 2. The summed E-state index contributed by atoms with van der Waals surface area (Å²) in [7, 11) is 0.